The Balaban J connectivity index is 1.94. The summed E-state index contributed by atoms with van der Waals surface area (Å²) in [5, 5.41) is 3.63. The lowest BCUT2D eigenvalue weighted by Crippen LogP contribution is -2.34. The molecule has 0 atom stereocenters. The number of nitrogens with zero attached hydrogens (tertiary/aromatic N) is 2. The van der Waals surface area contributed by atoms with Gasteiger partial charge in [0.25, 0.3) is 0 Å². The summed E-state index contributed by atoms with van der Waals surface area (Å²) >= 11 is 12.0. The van der Waals surface area contributed by atoms with Crippen molar-refractivity contribution in [3.8, 4) is 0 Å². The Labute approximate surface area is 150 Å². The van der Waals surface area contributed by atoms with Gasteiger partial charge in [0.15, 0.2) is 0 Å². The van der Waals surface area contributed by atoms with Crippen LogP contribution in [0.25, 0.3) is 0 Å². The maximum absolute atomic E-state index is 12.0. The molecular formula is C17H17Cl2N3O2. The highest BCUT2D eigenvalue weighted by Gasteiger charge is 2.16. The zero-order chi connectivity index (χ0) is 17.5. The van der Waals surface area contributed by atoms with Gasteiger partial charge in [-0.05, 0) is 30.3 Å². The van der Waals surface area contributed by atoms with Gasteiger partial charge in [-0.1, -0.05) is 29.3 Å². The Morgan fingerprint density at radius 1 is 1.21 bits per heavy atom. The zero-order valence-electron chi connectivity index (χ0n) is 13.1. The fourth-order valence-corrected chi connectivity index (χ4v) is 2.65. The molecule has 1 N–H and O–H groups in total. The van der Waals surface area contributed by atoms with Crippen LogP contribution in [0.2, 0.25) is 10.0 Å². The number of benzene rings is 1. The van der Waals surface area contributed by atoms with Gasteiger partial charge < -0.3 is 10.2 Å². The molecule has 24 heavy (non-hydrogen) atoms. The first-order chi connectivity index (χ1) is 11.5. The van der Waals surface area contributed by atoms with Gasteiger partial charge in [-0.25, -0.2) is 0 Å². The maximum atomic E-state index is 12.0. The smallest absolute Gasteiger partial charge is 0.223 e. The molecule has 0 spiro atoms. The topological polar surface area (TPSA) is 62.3 Å². The van der Waals surface area contributed by atoms with Crippen LogP contribution in [0, 0.1) is 0 Å². The van der Waals surface area contributed by atoms with Gasteiger partial charge in [0.2, 0.25) is 11.8 Å². The van der Waals surface area contributed by atoms with E-state index in [9.17, 15) is 9.59 Å². The molecule has 0 aliphatic heterocycles. The number of pyridine rings is 1. The Hall–Kier alpha value is -2.11. The van der Waals surface area contributed by atoms with Crippen molar-refractivity contribution in [3.05, 3.63) is 58.3 Å². The van der Waals surface area contributed by atoms with E-state index in [4.69, 9.17) is 23.2 Å². The van der Waals surface area contributed by atoms with Crippen molar-refractivity contribution in [2.75, 3.05) is 11.4 Å². The number of anilines is 1. The normalized spacial score (nSPS) is 10.3. The van der Waals surface area contributed by atoms with Crippen LogP contribution >= 0.6 is 23.2 Å². The molecule has 0 unspecified atom stereocenters. The minimum atomic E-state index is -0.197. The van der Waals surface area contributed by atoms with Crippen molar-refractivity contribution >= 4 is 40.7 Å². The van der Waals surface area contributed by atoms with Crippen LogP contribution in [0.3, 0.4) is 0 Å². The number of hydrogen-bond donors (Lipinski definition) is 1. The fourth-order valence-electron chi connectivity index (χ4n) is 2.14. The van der Waals surface area contributed by atoms with E-state index in [0.717, 1.165) is 5.69 Å². The van der Waals surface area contributed by atoms with E-state index in [0.29, 0.717) is 22.3 Å². The van der Waals surface area contributed by atoms with Crippen molar-refractivity contribution < 1.29 is 9.59 Å². The molecule has 1 heterocycles. The summed E-state index contributed by atoms with van der Waals surface area (Å²) in [5.74, 6) is -0.367. The van der Waals surface area contributed by atoms with E-state index >= 15 is 0 Å². The number of carbonyl (C=O) groups is 2. The van der Waals surface area contributed by atoms with E-state index < -0.39 is 0 Å². The summed E-state index contributed by atoms with van der Waals surface area (Å²) in [4.78, 5) is 29.4. The van der Waals surface area contributed by atoms with E-state index in [2.05, 4.69) is 10.3 Å². The van der Waals surface area contributed by atoms with Gasteiger partial charge in [0.1, 0.15) is 0 Å². The molecule has 126 valence electrons. The summed E-state index contributed by atoms with van der Waals surface area (Å²) in [6, 6.07) is 10.4. The SMILES string of the molecule is CC(=O)N(CCC(=O)NCc1ccccn1)c1ccc(Cl)cc1Cl. The first-order valence-corrected chi connectivity index (χ1v) is 8.12. The highest BCUT2D eigenvalue weighted by atomic mass is 35.5. The number of rotatable bonds is 6. The Morgan fingerprint density at radius 3 is 2.62 bits per heavy atom. The number of carbonyl (C=O) groups excluding carboxylic acids is 2. The average Bonchev–Trinajstić information content (AvgIpc) is 2.55. The van der Waals surface area contributed by atoms with Gasteiger partial charge in [-0.15, -0.1) is 0 Å². The number of aromatic nitrogens is 1. The van der Waals surface area contributed by atoms with Crippen molar-refractivity contribution in [2.45, 2.75) is 19.9 Å². The third-order valence-electron chi connectivity index (χ3n) is 3.34. The highest BCUT2D eigenvalue weighted by Crippen LogP contribution is 2.29. The van der Waals surface area contributed by atoms with Gasteiger partial charge in [0, 0.05) is 31.1 Å². The van der Waals surface area contributed by atoms with Crippen LogP contribution in [-0.2, 0) is 16.1 Å². The molecule has 0 bridgehead atoms. The molecule has 2 rings (SSSR count). The third kappa shape index (κ3) is 5.22. The largest absolute Gasteiger partial charge is 0.350 e. The Kier molecular flexibility index (Phi) is 6.58. The quantitative estimate of drug-likeness (QED) is 0.852. The lowest BCUT2D eigenvalue weighted by Gasteiger charge is -2.22. The Morgan fingerprint density at radius 2 is 2.00 bits per heavy atom. The molecule has 0 saturated heterocycles. The van der Waals surface area contributed by atoms with E-state index in [1.165, 1.54) is 11.8 Å². The van der Waals surface area contributed by atoms with Gasteiger partial charge in [-0.3, -0.25) is 14.6 Å². The molecule has 1 aromatic carbocycles. The number of halogens is 2. The molecule has 0 saturated carbocycles. The van der Waals surface area contributed by atoms with E-state index in [1.54, 1.807) is 24.4 Å². The lowest BCUT2D eigenvalue weighted by atomic mass is 10.2. The second-order valence-corrected chi connectivity index (χ2v) is 5.96. The third-order valence-corrected chi connectivity index (χ3v) is 3.87. The van der Waals surface area contributed by atoms with Gasteiger partial charge >= 0.3 is 0 Å². The van der Waals surface area contributed by atoms with Gasteiger partial charge in [0.05, 0.1) is 22.9 Å². The maximum Gasteiger partial charge on any atom is 0.223 e. The molecule has 0 fully saturated rings. The number of hydrogen-bond acceptors (Lipinski definition) is 3. The van der Waals surface area contributed by atoms with Crippen molar-refractivity contribution in [1.82, 2.24) is 10.3 Å². The van der Waals surface area contributed by atoms with Crippen LogP contribution < -0.4 is 10.2 Å². The highest BCUT2D eigenvalue weighted by molar-refractivity contribution is 6.36. The molecule has 7 heteroatoms. The first-order valence-electron chi connectivity index (χ1n) is 7.37. The molecule has 2 aromatic rings. The molecule has 0 aliphatic rings. The van der Waals surface area contributed by atoms with Crippen molar-refractivity contribution in [3.63, 3.8) is 0 Å². The molecule has 0 aliphatic carbocycles. The average molecular weight is 366 g/mol. The molecule has 0 radical (unpaired) electrons. The van der Waals surface area contributed by atoms with E-state index in [1.807, 2.05) is 18.2 Å². The first kappa shape index (κ1) is 18.2. The molecular weight excluding hydrogens is 349 g/mol. The lowest BCUT2D eigenvalue weighted by molar-refractivity contribution is -0.121. The number of nitrogens with one attached hydrogen (secondary N) is 1. The molecule has 1 aromatic heterocycles. The summed E-state index contributed by atoms with van der Waals surface area (Å²) < 4.78 is 0. The molecule has 5 nitrogen and oxygen atoms in total. The Bertz CT molecular complexity index is 723. The summed E-state index contributed by atoms with van der Waals surface area (Å²) in [6.07, 6.45) is 1.83. The molecule has 2 amide bonds. The van der Waals surface area contributed by atoms with E-state index in [-0.39, 0.29) is 24.8 Å². The van der Waals surface area contributed by atoms with Crippen LogP contribution in [0.4, 0.5) is 5.69 Å². The minimum Gasteiger partial charge on any atom is -0.350 e. The predicted octanol–water partition coefficient (Wildman–Crippen LogP) is 3.45. The van der Waals surface area contributed by atoms with Crippen LogP contribution in [-0.4, -0.2) is 23.3 Å². The fraction of sp³-hybridized carbons (Fsp3) is 0.235. The summed E-state index contributed by atoms with van der Waals surface area (Å²) in [5.41, 5.74) is 1.31. The summed E-state index contributed by atoms with van der Waals surface area (Å²) in [7, 11) is 0. The second kappa shape index (κ2) is 8.66. The standard InChI is InChI=1S/C17H17Cl2N3O2/c1-12(23)22(16-6-5-13(18)10-15(16)19)9-7-17(24)21-11-14-4-2-3-8-20-14/h2-6,8,10H,7,9,11H2,1H3,(H,21,24). The van der Waals surface area contributed by atoms with Crippen LogP contribution in [0.5, 0.6) is 0 Å². The van der Waals surface area contributed by atoms with Gasteiger partial charge in [-0.2, -0.15) is 0 Å². The van der Waals surface area contributed by atoms with Crippen molar-refractivity contribution in [2.24, 2.45) is 0 Å². The van der Waals surface area contributed by atoms with Crippen molar-refractivity contribution in [1.29, 1.82) is 0 Å². The number of amides is 2. The monoisotopic (exact) mass is 365 g/mol. The minimum absolute atomic E-state index is 0.158. The van der Waals surface area contributed by atoms with Crippen LogP contribution in [0.15, 0.2) is 42.6 Å². The van der Waals surface area contributed by atoms with Crippen LogP contribution in [0.1, 0.15) is 19.0 Å². The second-order valence-electron chi connectivity index (χ2n) is 5.11. The predicted molar refractivity (Wildman–Crippen MR) is 95.2 cm³/mol. The zero-order valence-corrected chi connectivity index (χ0v) is 14.6. The summed E-state index contributed by atoms with van der Waals surface area (Å²) in [6.45, 7) is 2.00.